The Hall–Kier alpha value is -1.42. The summed E-state index contributed by atoms with van der Waals surface area (Å²) in [5.74, 6) is 0. The lowest BCUT2D eigenvalue weighted by Gasteiger charge is -2.36. The maximum Gasteiger partial charge on any atom is 0.117 e. The van der Waals surface area contributed by atoms with E-state index in [9.17, 15) is 0 Å². The van der Waals surface area contributed by atoms with Crippen LogP contribution in [0.25, 0.3) is 0 Å². The molecule has 3 heteroatoms. The van der Waals surface area contributed by atoms with E-state index in [2.05, 4.69) is 79.2 Å². The molecule has 2 aromatic rings. The average molecular weight is 340 g/mol. The molecule has 0 amide bonds. The quantitative estimate of drug-likeness (QED) is 0.750. The highest BCUT2D eigenvalue weighted by Gasteiger charge is 2.39. The highest BCUT2D eigenvalue weighted by atomic mass is 28.3. The molecule has 2 atom stereocenters. The molecule has 2 nitrogen and oxygen atoms in total. The lowest BCUT2D eigenvalue weighted by Crippen LogP contribution is -2.59. The van der Waals surface area contributed by atoms with Gasteiger partial charge in [0, 0.05) is 13.2 Å². The molecule has 24 heavy (non-hydrogen) atoms. The molecule has 2 aromatic carbocycles. The number of rotatable bonds is 6. The third kappa shape index (κ3) is 3.48. The molecule has 1 heterocycles. The average Bonchev–Trinajstić information content (AvgIpc) is 3.07. The van der Waals surface area contributed by atoms with Crippen LogP contribution < -0.4 is 10.4 Å². The van der Waals surface area contributed by atoms with E-state index in [1.807, 2.05) is 7.11 Å². The maximum atomic E-state index is 6.04. The molecule has 0 aromatic heterocycles. The van der Waals surface area contributed by atoms with E-state index in [4.69, 9.17) is 4.74 Å². The number of methoxy groups -OCH3 is 1. The number of ether oxygens (including phenoxy) is 1. The lowest BCUT2D eigenvalue weighted by molar-refractivity contribution is 0.0524. The first-order valence-electron chi connectivity index (χ1n) is 8.99. The molecule has 3 rings (SSSR count). The van der Waals surface area contributed by atoms with Crippen molar-refractivity contribution in [3.63, 3.8) is 0 Å². The van der Waals surface area contributed by atoms with Gasteiger partial charge in [-0.3, -0.25) is 0 Å². The first-order valence-corrected chi connectivity index (χ1v) is 11.7. The summed E-state index contributed by atoms with van der Waals surface area (Å²) in [6.45, 7) is 3.69. The van der Waals surface area contributed by atoms with Crippen molar-refractivity contribution in [3.8, 4) is 0 Å². The smallest absolute Gasteiger partial charge is 0.117 e. The number of likely N-dealkylation sites (tertiary alicyclic amines) is 1. The fourth-order valence-corrected chi connectivity index (χ4v) is 8.10. The Balaban J connectivity index is 1.96. The van der Waals surface area contributed by atoms with Crippen molar-refractivity contribution >= 4 is 18.4 Å². The molecule has 0 unspecified atom stereocenters. The number of benzene rings is 2. The van der Waals surface area contributed by atoms with Gasteiger partial charge in [0.25, 0.3) is 0 Å². The SMILES string of the molecule is CO[C@@H](C[Si](C)(c1ccccc1)c1ccccc1)[C@H]1CCCN1C. The normalized spacial score (nSPS) is 20.2. The Morgan fingerprint density at radius 3 is 2.00 bits per heavy atom. The molecule has 128 valence electrons. The van der Waals surface area contributed by atoms with Gasteiger partial charge in [0.05, 0.1) is 6.10 Å². The van der Waals surface area contributed by atoms with Gasteiger partial charge >= 0.3 is 0 Å². The summed E-state index contributed by atoms with van der Waals surface area (Å²) in [6.07, 6.45) is 2.84. The predicted octanol–water partition coefficient (Wildman–Crippen LogP) is 2.99. The van der Waals surface area contributed by atoms with Crippen molar-refractivity contribution in [1.82, 2.24) is 4.90 Å². The van der Waals surface area contributed by atoms with Crippen LogP contribution in [0.5, 0.6) is 0 Å². The van der Waals surface area contributed by atoms with Crippen molar-refractivity contribution in [2.75, 3.05) is 20.7 Å². The van der Waals surface area contributed by atoms with Crippen molar-refractivity contribution in [2.24, 2.45) is 0 Å². The summed E-state index contributed by atoms with van der Waals surface area (Å²) in [5.41, 5.74) is 0. The zero-order valence-corrected chi connectivity index (χ0v) is 16.1. The van der Waals surface area contributed by atoms with Gasteiger partial charge < -0.3 is 9.64 Å². The van der Waals surface area contributed by atoms with Crippen LogP contribution >= 0.6 is 0 Å². The van der Waals surface area contributed by atoms with Gasteiger partial charge in [-0.05, 0) is 32.5 Å². The minimum absolute atomic E-state index is 0.301. The monoisotopic (exact) mass is 339 g/mol. The third-order valence-electron chi connectivity index (χ3n) is 5.74. The Morgan fingerprint density at radius 1 is 1.04 bits per heavy atom. The molecule has 0 bridgehead atoms. The van der Waals surface area contributed by atoms with Gasteiger partial charge in [0.15, 0.2) is 0 Å². The lowest BCUT2D eigenvalue weighted by atomic mass is 10.1. The number of likely N-dealkylation sites (N-methyl/N-ethyl adjacent to an activating group) is 1. The minimum atomic E-state index is -1.83. The highest BCUT2D eigenvalue weighted by molar-refractivity contribution is 7.01. The second-order valence-corrected chi connectivity index (χ2v) is 11.5. The fraction of sp³-hybridized carbons (Fsp3) is 0.429. The molecule has 0 aliphatic carbocycles. The van der Waals surface area contributed by atoms with Crippen molar-refractivity contribution in [3.05, 3.63) is 60.7 Å². The Kier molecular flexibility index (Phi) is 5.54. The largest absolute Gasteiger partial charge is 0.380 e. The highest BCUT2D eigenvalue weighted by Crippen LogP contribution is 2.26. The molecule has 1 saturated heterocycles. The Morgan fingerprint density at radius 2 is 1.58 bits per heavy atom. The van der Waals surface area contributed by atoms with Crippen molar-refractivity contribution in [2.45, 2.75) is 37.6 Å². The van der Waals surface area contributed by atoms with Crippen molar-refractivity contribution < 1.29 is 4.74 Å². The second-order valence-electron chi connectivity index (χ2n) is 7.23. The van der Waals surface area contributed by atoms with Gasteiger partial charge in [-0.1, -0.05) is 77.6 Å². The molecule has 0 radical (unpaired) electrons. The summed E-state index contributed by atoms with van der Waals surface area (Å²) in [4.78, 5) is 2.49. The summed E-state index contributed by atoms with van der Waals surface area (Å²) >= 11 is 0. The predicted molar refractivity (Wildman–Crippen MR) is 105 cm³/mol. The molecule has 1 aliphatic rings. The van der Waals surface area contributed by atoms with Crippen LogP contribution in [0, 0.1) is 0 Å². The van der Waals surface area contributed by atoms with E-state index in [0.717, 1.165) is 6.04 Å². The molecule has 1 fully saturated rings. The summed E-state index contributed by atoms with van der Waals surface area (Å²) in [5, 5.41) is 3.00. The first kappa shape index (κ1) is 17.4. The van der Waals surface area contributed by atoms with Gasteiger partial charge in [-0.2, -0.15) is 0 Å². The van der Waals surface area contributed by atoms with Crippen LogP contribution in [0.2, 0.25) is 12.6 Å². The summed E-state index contributed by atoms with van der Waals surface area (Å²) < 4.78 is 6.04. The standard InChI is InChI=1S/C21H29NOSi/c1-22-16-10-15-20(22)21(23-2)17-24(3,18-11-6-4-7-12-18)19-13-8-5-9-14-19/h4-9,11-14,20-21H,10,15-17H2,1-3H3/t20-,21+/m1/s1. The zero-order valence-electron chi connectivity index (χ0n) is 15.1. The maximum absolute atomic E-state index is 6.04. The number of hydrogen-bond acceptors (Lipinski definition) is 2. The second kappa shape index (κ2) is 7.64. The zero-order chi connectivity index (χ0) is 17.0. The van der Waals surface area contributed by atoms with E-state index < -0.39 is 8.07 Å². The summed E-state index contributed by atoms with van der Waals surface area (Å²) in [6, 6.07) is 23.8. The molecule has 0 saturated carbocycles. The van der Waals surface area contributed by atoms with E-state index >= 15 is 0 Å². The fourth-order valence-electron chi connectivity index (χ4n) is 4.20. The molecular weight excluding hydrogens is 310 g/mol. The van der Waals surface area contributed by atoms with Crippen LogP contribution in [0.15, 0.2) is 60.7 Å². The van der Waals surface area contributed by atoms with Crippen LogP contribution in [0.4, 0.5) is 0 Å². The van der Waals surface area contributed by atoms with Crippen molar-refractivity contribution in [1.29, 1.82) is 0 Å². The van der Waals surface area contributed by atoms with E-state index in [1.165, 1.54) is 29.8 Å². The van der Waals surface area contributed by atoms with Gasteiger partial charge in [-0.15, -0.1) is 0 Å². The topological polar surface area (TPSA) is 12.5 Å². The Bertz CT molecular complexity index is 591. The van der Waals surface area contributed by atoms with Crippen LogP contribution in [0.1, 0.15) is 12.8 Å². The molecule has 1 aliphatic heterocycles. The van der Waals surface area contributed by atoms with Gasteiger partial charge in [0.1, 0.15) is 8.07 Å². The van der Waals surface area contributed by atoms with Gasteiger partial charge in [-0.25, -0.2) is 0 Å². The molecular formula is C21H29NOSi. The van der Waals surface area contributed by atoms with Crippen LogP contribution in [-0.2, 0) is 4.74 Å². The first-order chi connectivity index (χ1) is 11.6. The third-order valence-corrected chi connectivity index (χ3v) is 10.2. The van der Waals surface area contributed by atoms with E-state index in [0.29, 0.717) is 12.1 Å². The molecule has 0 N–H and O–H groups in total. The Labute approximate surface area is 147 Å². The van der Waals surface area contributed by atoms with E-state index in [-0.39, 0.29) is 0 Å². The molecule has 0 spiro atoms. The minimum Gasteiger partial charge on any atom is -0.380 e. The number of nitrogens with zero attached hydrogens (tertiary/aromatic N) is 1. The van der Waals surface area contributed by atoms with Gasteiger partial charge in [0.2, 0.25) is 0 Å². The van der Waals surface area contributed by atoms with E-state index in [1.54, 1.807) is 0 Å². The summed E-state index contributed by atoms with van der Waals surface area (Å²) in [7, 11) is 2.30. The van der Waals surface area contributed by atoms with Crippen LogP contribution in [0.3, 0.4) is 0 Å². The number of hydrogen-bond donors (Lipinski definition) is 0. The van der Waals surface area contributed by atoms with Crippen LogP contribution in [-0.4, -0.2) is 45.8 Å².